The smallest absolute Gasteiger partial charge is 0.483 e. The van der Waals surface area contributed by atoms with Crippen molar-refractivity contribution in [2.24, 2.45) is 0 Å². The van der Waals surface area contributed by atoms with Gasteiger partial charge in [-0.2, -0.15) is 17.5 Å². The first kappa shape index (κ1) is 27.0. The van der Waals surface area contributed by atoms with Crippen molar-refractivity contribution in [3.8, 4) is 17.2 Å². The van der Waals surface area contributed by atoms with Crippen LogP contribution in [-0.4, -0.2) is 72.9 Å². The molecule has 0 amide bonds. The number of benzene rings is 2. The van der Waals surface area contributed by atoms with E-state index in [1.165, 1.54) is 0 Å². The fourth-order valence-corrected chi connectivity index (χ4v) is 6.37. The van der Waals surface area contributed by atoms with Gasteiger partial charge in [0.25, 0.3) is 0 Å². The summed E-state index contributed by atoms with van der Waals surface area (Å²) in [6, 6.07) is 12.8. The van der Waals surface area contributed by atoms with Gasteiger partial charge in [0, 0.05) is 32.1 Å². The Morgan fingerprint density at radius 2 is 1.76 bits per heavy atom. The predicted octanol–water partition coefficient (Wildman–Crippen LogP) is 3.48. The summed E-state index contributed by atoms with van der Waals surface area (Å²) in [6.07, 6.45) is -4.31. The van der Waals surface area contributed by atoms with Gasteiger partial charge in [-0.15, -0.1) is 0 Å². The minimum Gasteiger partial charge on any atom is -0.483 e. The summed E-state index contributed by atoms with van der Waals surface area (Å²) in [5, 5.41) is 7.12. The van der Waals surface area contributed by atoms with Crippen molar-refractivity contribution in [2.75, 3.05) is 26.4 Å². The Balaban J connectivity index is 0.000000405. The lowest BCUT2D eigenvalue weighted by Crippen LogP contribution is -2.51. The van der Waals surface area contributed by atoms with Crippen LogP contribution in [0.4, 0.5) is 13.2 Å². The molecule has 5 rings (SSSR count). The maximum atomic E-state index is 13.3. The van der Waals surface area contributed by atoms with Crippen molar-refractivity contribution < 1.29 is 45.7 Å². The first-order valence-corrected chi connectivity index (χ1v) is 13.0. The average molecular weight is 545 g/mol. The lowest BCUT2D eigenvalue weighted by atomic mass is 10.0. The van der Waals surface area contributed by atoms with E-state index >= 15 is 0 Å². The van der Waals surface area contributed by atoms with E-state index in [2.05, 4.69) is 4.90 Å². The molecule has 3 aliphatic heterocycles. The Morgan fingerprint density at radius 1 is 1.08 bits per heavy atom. The number of halogens is 3. The molecule has 0 radical (unpaired) electrons. The Morgan fingerprint density at radius 3 is 2.43 bits per heavy atom. The third-order valence-corrected chi connectivity index (χ3v) is 8.32. The molecule has 37 heavy (non-hydrogen) atoms. The van der Waals surface area contributed by atoms with Crippen molar-refractivity contribution >= 4 is 16.0 Å². The molecule has 0 aliphatic carbocycles. The van der Waals surface area contributed by atoms with Gasteiger partial charge in [-0.25, -0.2) is 13.2 Å². The number of aliphatic carboxylic acids is 1. The number of nitrogens with zero attached hydrogens (tertiary/aromatic N) is 2. The highest BCUT2D eigenvalue weighted by Gasteiger charge is 2.48. The van der Waals surface area contributed by atoms with E-state index in [0.717, 1.165) is 36.6 Å². The fraction of sp³-hybridized carbons (Fsp3) is 0.458. The number of carboxylic acid groups (broad SMARTS) is 1. The van der Waals surface area contributed by atoms with Crippen LogP contribution in [0, 0.1) is 0 Å². The molecule has 13 heteroatoms. The molecule has 0 saturated carbocycles. The molecule has 0 aromatic heterocycles. The molecule has 3 aliphatic rings. The number of fused-ring (bicyclic) bond motifs is 2. The second-order valence-corrected chi connectivity index (χ2v) is 11.2. The third-order valence-electron chi connectivity index (χ3n) is 6.26. The summed E-state index contributed by atoms with van der Waals surface area (Å²) < 4.78 is 77.3. The summed E-state index contributed by atoms with van der Waals surface area (Å²) in [5.74, 6) is -0.755. The molecular weight excluding hydrogens is 517 g/mol. The van der Waals surface area contributed by atoms with Crippen LogP contribution in [0.2, 0.25) is 0 Å². The predicted molar refractivity (Wildman–Crippen MR) is 125 cm³/mol. The Kier molecular flexibility index (Phi) is 7.32. The van der Waals surface area contributed by atoms with E-state index in [1.54, 1.807) is 22.5 Å². The van der Waals surface area contributed by atoms with Crippen LogP contribution in [-0.2, 0) is 21.4 Å². The maximum Gasteiger partial charge on any atom is 0.490 e. The molecule has 1 N–H and O–H groups in total. The van der Waals surface area contributed by atoms with E-state index in [-0.39, 0.29) is 17.7 Å². The SMILES string of the molecule is CC(C)N1CC2(CCN(Cc3ccc4c(c3)OCO4)C2)Oc2ccccc2S1(=O)=O.O=C(O)C(F)(F)F. The lowest BCUT2D eigenvalue weighted by Gasteiger charge is -2.33. The summed E-state index contributed by atoms with van der Waals surface area (Å²) in [6.45, 7) is 6.68. The highest BCUT2D eigenvalue weighted by atomic mass is 32.2. The van der Waals surface area contributed by atoms with E-state index in [1.807, 2.05) is 38.1 Å². The van der Waals surface area contributed by atoms with Crippen LogP contribution >= 0.6 is 0 Å². The largest absolute Gasteiger partial charge is 0.490 e. The number of likely N-dealkylation sites (tertiary alicyclic amines) is 1. The van der Waals surface area contributed by atoms with Gasteiger partial charge in [0.15, 0.2) is 11.5 Å². The number of carboxylic acids is 1. The molecule has 3 heterocycles. The number of para-hydroxylation sites is 1. The lowest BCUT2D eigenvalue weighted by molar-refractivity contribution is -0.192. The molecule has 202 valence electrons. The zero-order chi connectivity index (χ0) is 27.0. The van der Waals surface area contributed by atoms with Crippen molar-refractivity contribution in [3.63, 3.8) is 0 Å². The number of rotatable bonds is 3. The number of sulfonamides is 1. The van der Waals surface area contributed by atoms with Gasteiger partial charge in [-0.3, -0.25) is 4.90 Å². The molecule has 1 unspecified atom stereocenters. The van der Waals surface area contributed by atoms with Crippen molar-refractivity contribution in [1.29, 1.82) is 0 Å². The van der Waals surface area contributed by atoms with Crippen LogP contribution in [0.25, 0.3) is 0 Å². The van der Waals surface area contributed by atoms with Crippen molar-refractivity contribution in [2.45, 2.75) is 49.5 Å². The number of hydrogen-bond donors (Lipinski definition) is 1. The molecule has 1 atom stereocenters. The Hall–Kier alpha value is -3.03. The van der Waals surface area contributed by atoms with Crippen LogP contribution in [0.1, 0.15) is 25.8 Å². The molecular formula is C24H27F3N2O7S. The molecule has 1 saturated heterocycles. The van der Waals surface area contributed by atoms with E-state index < -0.39 is 27.8 Å². The number of carbonyl (C=O) groups is 1. The van der Waals surface area contributed by atoms with Gasteiger partial charge < -0.3 is 19.3 Å². The van der Waals surface area contributed by atoms with Crippen molar-refractivity contribution in [1.82, 2.24) is 9.21 Å². The van der Waals surface area contributed by atoms with Gasteiger partial charge in [-0.05, 0) is 43.7 Å². The number of alkyl halides is 3. The maximum absolute atomic E-state index is 13.3. The van der Waals surface area contributed by atoms with Crippen LogP contribution in [0.15, 0.2) is 47.4 Å². The van der Waals surface area contributed by atoms with Crippen LogP contribution < -0.4 is 14.2 Å². The van der Waals surface area contributed by atoms with Gasteiger partial charge in [-0.1, -0.05) is 18.2 Å². The first-order chi connectivity index (χ1) is 17.3. The Labute approximate surface area is 212 Å². The second-order valence-electron chi connectivity index (χ2n) is 9.33. The third kappa shape index (κ3) is 5.78. The van der Waals surface area contributed by atoms with E-state index in [0.29, 0.717) is 18.8 Å². The number of hydrogen-bond acceptors (Lipinski definition) is 7. The van der Waals surface area contributed by atoms with Gasteiger partial charge in [0.2, 0.25) is 16.8 Å². The Bertz CT molecular complexity index is 1270. The van der Waals surface area contributed by atoms with Gasteiger partial charge >= 0.3 is 12.1 Å². The summed E-state index contributed by atoms with van der Waals surface area (Å²) >= 11 is 0. The van der Waals surface area contributed by atoms with Crippen molar-refractivity contribution in [3.05, 3.63) is 48.0 Å². The van der Waals surface area contributed by atoms with E-state index in [9.17, 15) is 21.6 Å². The number of ether oxygens (including phenoxy) is 3. The normalized spacial score (nSPS) is 22.6. The zero-order valence-corrected chi connectivity index (χ0v) is 21.0. The quantitative estimate of drug-likeness (QED) is 0.626. The summed E-state index contributed by atoms with van der Waals surface area (Å²) in [4.78, 5) is 11.5. The van der Waals surface area contributed by atoms with Crippen LogP contribution in [0.5, 0.6) is 17.2 Å². The summed E-state index contributed by atoms with van der Waals surface area (Å²) in [5.41, 5.74) is 0.568. The molecule has 1 fully saturated rings. The molecule has 2 aromatic rings. The zero-order valence-electron chi connectivity index (χ0n) is 20.2. The first-order valence-electron chi connectivity index (χ1n) is 11.5. The topological polar surface area (TPSA) is 106 Å². The molecule has 1 spiro atoms. The highest BCUT2D eigenvalue weighted by Crippen LogP contribution is 2.40. The fourth-order valence-electron chi connectivity index (χ4n) is 4.54. The average Bonchev–Trinajstić information content (AvgIpc) is 3.42. The molecule has 9 nitrogen and oxygen atoms in total. The van der Waals surface area contributed by atoms with Crippen LogP contribution in [0.3, 0.4) is 0 Å². The van der Waals surface area contributed by atoms with E-state index in [4.69, 9.17) is 24.1 Å². The van der Waals surface area contributed by atoms with Gasteiger partial charge in [0.1, 0.15) is 16.2 Å². The minimum atomic E-state index is -5.08. The molecule has 2 aromatic carbocycles. The van der Waals surface area contributed by atoms with Gasteiger partial charge in [0.05, 0.1) is 6.54 Å². The minimum absolute atomic E-state index is 0.149. The second kappa shape index (κ2) is 10.0. The summed E-state index contributed by atoms with van der Waals surface area (Å²) in [7, 11) is -3.61. The highest BCUT2D eigenvalue weighted by molar-refractivity contribution is 7.89. The molecule has 0 bridgehead atoms. The standard InChI is InChI=1S/C22H26N2O5S.C2HF3O2/c1-16(2)24-14-22(29-19-5-3-4-6-21(19)30(24,25)26)9-10-23(13-22)12-17-7-8-18-20(11-17)28-15-27-18;3-2(4,5)1(6)7/h3-8,11,16H,9-10,12-15H2,1-2H3;(H,6,7). The monoisotopic (exact) mass is 544 g/mol.